The van der Waals surface area contributed by atoms with Gasteiger partial charge >= 0.3 is 0 Å². The summed E-state index contributed by atoms with van der Waals surface area (Å²) in [4.78, 5) is 25.0. The number of benzene rings is 2. The van der Waals surface area contributed by atoms with Gasteiger partial charge in [0.2, 0.25) is 0 Å². The van der Waals surface area contributed by atoms with Gasteiger partial charge in [0.1, 0.15) is 17.4 Å². The van der Waals surface area contributed by atoms with Gasteiger partial charge in [-0.25, -0.2) is 5.01 Å². The number of rotatable bonds is 2. The Morgan fingerprint density at radius 1 is 1.15 bits per heavy atom. The maximum Gasteiger partial charge on any atom is 0.282 e. The van der Waals surface area contributed by atoms with Gasteiger partial charge in [-0.15, -0.1) is 0 Å². The van der Waals surface area contributed by atoms with Crippen LogP contribution in [0.15, 0.2) is 42.0 Å². The number of hydrazine groups is 1. The number of hydrogen-bond acceptors (Lipinski definition) is 3. The molecule has 4 rings (SSSR count). The number of amides is 2. The van der Waals surface area contributed by atoms with Gasteiger partial charge in [-0.3, -0.25) is 15.0 Å². The standard InChI is InChI=1S/C19H14Cl2N2O3/c1-10-4-12-5-11(2-3-17(12)26-10)6-16-18(24)22-23(19(16)25)15-8-13(20)7-14(21)9-15/h2-3,5-10H,4H2,1H3,(H,22,24)/b16-6+/t10-/m0/s1. The molecule has 2 aliphatic heterocycles. The summed E-state index contributed by atoms with van der Waals surface area (Å²) in [5, 5.41) is 1.89. The Hall–Kier alpha value is -2.50. The third-order valence-electron chi connectivity index (χ3n) is 4.23. The van der Waals surface area contributed by atoms with E-state index in [1.807, 2.05) is 25.1 Å². The lowest BCUT2D eigenvalue weighted by atomic mass is 10.0. The second kappa shape index (κ2) is 6.34. The predicted molar refractivity (Wildman–Crippen MR) is 100 cm³/mol. The summed E-state index contributed by atoms with van der Waals surface area (Å²) in [5.41, 5.74) is 4.83. The molecule has 0 unspecified atom stereocenters. The van der Waals surface area contributed by atoms with Crippen LogP contribution in [0.5, 0.6) is 5.75 Å². The van der Waals surface area contributed by atoms with Crippen LogP contribution in [-0.4, -0.2) is 17.9 Å². The van der Waals surface area contributed by atoms with Gasteiger partial charge in [0, 0.05) is 16.5 Å². The molecule has 1 saturated heterocycles. The maximum absolute atomic E-state index is 12.7. The number of ether oxygens (including phenoxy) is 1. The Morgan fingerprint density at radius 2 is 1.88 bits per heavy atom. The fraction of sp³-hybridized carbons (Fsp3) is 0.158. The molecule has 7 heteroatoms. The zero-order valence-corrected chi connectivity index (χ0v) is 15.3. The Bertz CT molecular complexity index is 951. The molecule has 0 saturated carbocycles. The maximum atomic E-state index is 12.7. The zero-order valence-electron chi connectivity index (χ0n) is 13.8. The number of carbonyl (C=O) groups is 2. The molecule has 0 radical (unpaired) electrons. The first-order chi connectivity index (χ1) is 12.4. The van der Waals surface area contributed by atoms with Crippen molar-refractivity contribution in [3.8, 4) is 5.75 Å². The van der Waals surface area contributed by atoms with Crippen LogP contribution in [-0.2, 0) is 16.0 Å². The van der Waals surface area contributed by atoms with Crippen molar-refractivity contribution in [1.82, 2.24) is 5.43 Å². The SMILES string of the molecule is C[C@H]1Cc2cc(/C=C3\C(=O)NN(c4cc(Cl)cc(Cl)c4)C3=O)ccc2O1. The van der Waals surface area contributed by atoms with E-state index in [1.54, 1.807) is 24.3 Å². The lowest BCUT2D eigenvalue weighted by Crippen LogP contribution is -2.35. The lowest BCUT2D eigenvalue weighted by Gasteiger charge is -2.15. The summed E-state index contributed by atoms with van der Waals surface area (Å²) < 4.78 is 5.67. The summed E-state index contributed by atoms with van der Waals surface area (Å²) in [6.07, 6.45) is 2.51. The van der Waals surface area contributed by atoms with E-state index in [1.165, 1.54) is 0 Å². The first-order valence-electron chi connectivity index (χ1n) is 8.03. The minimum atomic E-state index is -0.476. The molecular weight excluding hydrogens is 375 g/mol. The number of fused-ring (bicyclic) bond motifs is 1. The summed E-state index contributed by atoms with van der Waals surface area (Å²) >= 11 is 12.0. The van der Waals surface area contributed by atoms with Crippen LogP contribution >= 0.6 is 23.2 Å². The predicted octanol–water partition coefficient (Wildman–Crippen LogP) is 3.78. The van der Waals surface area contributed by atoms with Gasteiger partial charge in [0.05, 0.1) is 5.69 Å². The highest BCUT2D eigenvalue weighted by Gasteiger charge is 2.34. The quantitative estimate of drug-likeness (QED) is 0.628. The lowest BCUT2D eigenvalue weighted by molar-refractivity contribution is -0.117. The van der Waals surface area contributed by atoms with E-state index in [-0.39, 0.29) is 11.7 Å². The first kappa shape index (κ1) is 16.9. The van der Waals surface area contributed by atoms with Crippen LogP contribution in [0.3, 0.4) is 0 Å². The average Bonchev–Trinajstić information content (AvgIpc) is 3.07. The number of nitrogens with one attached hydrogen (secondary N) is 1. The Kier molecular flexibility index (Phi) is 4.13. The minimum absolute atomic E-state index is 0.0491. The monoisotopic (exact) mass is 388 g/mol. The summed E-state index contributed by atoms with van der Waals surface area (Å²) in [7, 11) is 0. The molecule has 2 aliphatic rings. The third kappa shape index (κ3) is 3.04. The van der Waals surface area contributed by atoms with E-state index >= 15 is 0 Å². The van der Waals surface area contributed by atoms with Crippen LogP contribution in [0.25, 0.3) is 6.08 Å². The van der Waals surface area contributed by atoms with Crippen molar-refractivity contribution in [3.05, 3.63) is 63.1 Å². The molecule has 2 amide bonds. The van der Waals surface area contributed by atoms with E-state index in [0.717, 1.165) is 28.3 Å². The van der Waals surface area contributed by atoms with Crippen LogP contribution in [0.4, 0.5) is 5.69 Å². The van der Waals surface area contributed by atoms with E-state index in [0.29, 0.717) is 15.7 Å². The fourth-order valence-electron chi connectivity index (χ4n) is 3.11. The summed E-state index contributed by atoms with van der Waals surface area (Å²) in [5.74, 6) is -0.0910. The highest BCUT2D eigenvalue weighted by Crippen LogP contribution is 2.31. The molecular formula is C19H14Cl2N2O3. The molecule has 0 spiro atoms. The number of carbonyl (C=O) groups excluding carboxylic acids is 2. The van der Waals surface area contributed by atoms with E-state index < -0.39 is 11.8 Å². The molecule has 132 valence electrons. The molecule has 1 fully saturated rings. The normalized spacial score (nSPS) is 20.3. The Balaban J connectivity index is 1.65. The van der Waals surface area contributed by atoms with Crippen molar-refractivity contribution < 1.29 is 14.3 Å². The second-order valence-electron chi connectivity index (χ2n) is 6.27. The average molecular weight is 389 g/mol. The van der Waals surface area contributed by atoms with E-state index in [2.05, 4.69) is 5.43 Å². The molecule has 2 aromatic carbocycles. The van der Waals surface area contributed by atoms with Crippen molar-refractivity contribution in [2.24, 2.45) is 0 Å². The summed E-state index contributed by atoms with van der Waals surface area (Å²) in [6.45, 7) is 2.00. The first-order valence-corrected chi connectivity index (χ1v) is 8.79. The van der Waals surface area contributed by atoms with Crippen molar-refractivity contribution in [3.63, 3.8) is 0 Å². The van der Waals surface area contributed by atoms with Crippen LogP contribution in [0, 0.1) is 0 Å². The highest BCUT2D eigenvalue weighted by atomic mass is 35.5. The van der Waals surface area contributed by atoms with Gasteiger partial charge < -0.3 is 4.74 Å². The van der Waals surface area contributed by atoms with E-state index in [4.69, 9.17) is 27.9 Å². The van der Waals surface area contributed by atoms with Crippen LogP contribution in [0.1, 0.15) is 18.1 Å². The molecule has 1 N–H and O–H groups in total. The van der Waals surface area contributed by atoms with Crippen molar-refractivity contribution in [2.75, 3.05) is 5.01 Å². The van der Waals surface area contributed by atoms with Crippen molar-refractivity contribution >= 4 is 46.8 Å². The number of nitrogens with zero attached hydrogens (tertiary/aromatic N) is 1. The second-order valence-corrected chi connectivity index (χ2v) is 7.14. The molecule has 2 heterocycles. The molecule has 0 bridgehead atoms. The minimum Gasteiger partial charge on any atom is -0.490 e. The van der Waals surface area contributed by atoms with Crippen LogP contribution < -0.4 is 15.2 Å². The Labute approximate surface area is 160 Å². The van der Waals surface area contributed by atoms with Crippen molar-refractivity contribution in [2.45, 2.75) is 19.4 Å². The van der Waals surface area contributed by atoms with Crippen molar-refractivity contribution in [1.29, 1.82) is 0 Å². The third-order valence-corrected chi connectivity index (χ3v) is 4.66. The smallest absolute Gasteiger partial charge is 0.282 e. The molecule has 26 heavy (non-hydrogen) atoms. The molecule has 1 atom stereocenters. The number of hydrogen-bond donors (Lipinski definition) is 1. The fourth-order valence-corrected chi connectivity index (χ4v) is 3.62. The van der Waals surface area contributed by atoms with Gasteiger partial charge in [-0.2, -0.15) is 0 Å². The van der Waals surface area contributed by atoms with Gasteiger partial charge in [-0.1, -0.05) is 29.3 Å². The molecule has 0 aliphatic carbocycles. The summed E-state index contributed by atoms with van der Waals surface area (Å²) in [6, 6.07) is 10.3. The zero-order chi connectivity index (χ0) is 18.4. The van der Waals surface area contributed by atoms with Gasteiger partial charge in [-0.05, 0) is 54.5 Å². The highest BCUT2D eigenvalue weighted by molar-refractivity contribution is 6.36. The number of halogens is 2. The Morgan fingerprint density at radius 3 is 2.62 bits per heavy atom. The largest absolute Gasteiger partial charge is 0.490 e. The topological polar surface area (TPSA) is 58.6 Å². The van der Waals surface area contributed by atoms with Gasteiger partial charge in [0.15, 0.2) is 0 Å². The number of anilines is 1. The molecule has 5 nitrogen and oxygen atoms in total. The van der Waals surface area contributed by atoms with Gasteiger partial charge in [0.25, 0.3) is 11.8 Å². The van der Waals surface area contributed by atoms with Crippen LogP contribution in [0.2, 0.25) is 10.0 Å². The molecule has 0 aromatic heterocycles. The molecule has 2 aromatic rings. The van der Waals surface area contributed by atoms with E-state index in [9.17, 15) is 9.59 Å².